The van der Waals surface area contributed by atoms with Gasteiger partial charge in [-0.05, 0) is 51.0 Å². The molecule has 2 atom stereocenters. The maximum atomic E-state index is 13.1. The standard InChI is InChI=1S/C40H59N7O8S/c1-31-43-45-39(46-44-31)33-15-13-32(14-16-33)30-42-37(49)18-21-52-23-25-54-27-28-55-26-24-53-22-19-41-36(48)17-20-47-38(50)29-35(40(47)51)56-34-11-9-7-5-3-2-4-6-8-10-12-34/h3,5,13-16,34-35H,2,4,6-12,17-30H2,1H3,(H,41,48)(H,42,49)/b5-3-. The van der Waals surface area contributed by atoms with Gasteiger partial charge in [0.2, 0.25) is 29.5 Å². The molecule has 1 aromatic carbocycles. The summed E-state index contributed by atoms with van der Waals surface area (Å²) in [5.74, 6) is 0.301. The minimum Gasteiger partial charge on any atom is -0.379 e. The molecule has 2 heterocycles. The van der Waals surface area contributed by atoms with Crippen molar-refractivity contribution in [3.8, 4) is 11.4 Å². The Bertz CT molecular complexity index is 1500. The molecule has 2 aromatic rings. The van der Waals surface area contributed by atoms with Crippen LogP contribution in [-0.2, 0) is 44.7 Å². The Morgan fingerprint density at radius 1 is 0.732 bits per heavy atom. The number of ether oxygens (including phenoxy) is 4. The fourth-order valence-corrected chi connectivity index (χ4v) is 7.69. The zero-order chi connectivity index (χ0) is 39.6. The summed E-state index contributed by atoms with van der Waals surface area (Å²) < 4.78 is 22.0. The summed E-state index contributed by atoms with van der Waals surface area (Å²) in [5, 5.41) is 21.6. The highest BCUT2D eigenvalue weighted by Crippen LogP contribution is 2.33. The Morgan fingerprint density at radius 2 is 1.34 bits per heavy atom. The number of imide groups is 1. The maximum Gasteiger partial charge on any atom is 0.242 e. The second-order valence-corrected chi connectivity index (χ2v) is 15.3. The maximum absolute atomic E-state index is 13.1. The summed E-state index contributed by atoms with van der Waals surface area (Å²) in [5.41, 5.74) is 1.75. The largest absolute Gasteiger partial charge is 0.379 e. The Morgan fingerprint density at radius 3 is 2.05 bits per heavy atom. The molecule has 4 amide bonds. The van der Waals surface area contributed by atoms with Crippen LogP contribution in [0, 0.1) is 6.92 Å². The van der Waals surface area contributed by atoms with E-state index in [0.717, 1.165) is 36.8 Å². The number of rotatable bonds is 23. The van der Waals surface area contributed by atoms with Crippen molar-refractivity contribution in [2.75, 3.05) is 65.9 Å². The number of carbonyl (C=O) groups excluding carboxylic acids is 4. The summed E-state index contributed by atoms with van der Waals surface area (Å²) in [6.45, 7) is 5.52. The lowest BCUT2D eigenvalue weighted by molar-refractivity contribution is -0.138. The van der Waals surface area contributed by atoms with E-state index >= 15 is 0 Å². The average Bonchev–Trinajstić information content (AvgIpc) is 3.46. The van der Waals surface area contributed by atoms with E-state index in [1.54, 1.807) is 18.7 Å². The van der Waals surface area contributed by atoms with Crippen molar-refractivity contribution in [1.29, 1.82) is 0 Å². The summed E-state index contributed by atoms with van der Waals surface area (Å²) in [6, 6.07) is 7.52. The number of benzene rings is 1. The van der Waals surface area contributed by atoms with E-state index < -0.39 is 0 Å². The van der Waals surface area contributed by atoms with Gasteiger partial charge in [-0.25, -0.2) is 0 Å². The molecular formula is C40H59N7O8S. The van der Waals surface area contributed by atoms with Crippen LogP contribution in [0.25, 0.3) is 11.4 Å². The van der Waals surface area contributed by atoms with Crippen LogP contribution in [0.3, 0.4) is 0 Å². The third-order valence-corrected chi connectivity index (χ3v) is 10.8. The van der Waals surface area contributed by atoms with Crippen LogP contribution in [0.5, 0.6) is 0 Å². The topological polar surface area (TPSA) is 184 Å². The molecule has 0 saturated carbocycles. The van der Waals surface area contributed by atoms with E-state index in [1.807, 2.05) is 24.3 Å². The van der Waals surface area contributed by atoms with Crippen LogP contribution >= 0.6 is 11.8 Å². The number of thioether (sulfide) groups is 1. The lowest BCUT2D eigenvalue weighted by Gasteiger charge is -2.20. The van der Waals surface area contributed by atoms with Crippen molar-refractivity contribution in [1.82, 2.24) is 35.9 Å². The fraction of sp³-hybridized carbons (Fsp3) is 0.650. The molecule has 1 fully saturated rings. The minimum atomic E-state index is -0.340. The van der Waals surface area contributed by atoms with Gasteiger partial charge < -0.3 is 29.6 Å². The monoisotopic (exact) mass is 797 g/mol. The number of likely N-dealkylation sites (tertiary alicyclic amines) is 1. The summed E-state index contributed by atoms with van der Waals surface area (Å²) >= 11 is 1.67. The van der Waals surface area contributed by atoms with Crippen LogP contribution < -0.4 is 10.6 Å². The SMILES string of the molecule is Cc1nnc(-c2ccc(CNC(=O)CCOCCOCCOCCOCCNC(=O)CCN3C(=O)CC(SC4CCC/C=C\CCCCCC4)C3=O)cc2)nn1. The zero-order valence-corrected chi connectivity index (χ0v) is 33.6. The van der Waals surface area contributed by atoms with Gasteiger partial charge in [0.1, 0.15) is 0 Å². The third-order valence-electron chi connectivity index (χ3n) is 9.27. The van der Waals surface area contributed by atoms with Crippen molar-refractivity contribution in [2.24, 2.45) is 0 Å². The Labute approximate surface area is 334 Å². The smallest absolute Gasteiger partial charge is 0.242 e. The van der Waals surface area contributed by atoms with E-state index in [0.29, 0.717) is 82.8 Å². The highest BCUT2D eigenvalue weighted by atomic mass is 32.2. The lowest BCUT2D eigenvalue weighted by Crippen LogP contribution is -2.36. The van der Waals surface area contributed by atoms with E-state index in [1.165, 1.54) is 37.0 Å². The van der Waals surface area contributed by atoms with Crippen molar-refractivity contribution >= 4 is 35.4 Å². The molecular weight excluding hydrogens is 739 g/mol. The average molecular weight is 798 g/mol. The number of hydrogen-bond donors (Lipinski definition) is 2. The van der Waals surface area contributed by atoms with Crippen molar-refractivity contribution in [3.63, 3.8) is 0 Å². The predicted molar refractivity (Wildman–Crippen MR) is 212 cm³/mol. The summed E-state index contributed by atoms with van der Waals surface area (Å²) in [4.78, 5) is 51.5. The molecule has 1 aliphatic carbocycles. The first kappa shape index (κ1) is 44.9. The molecule has 1 aromatic heterocycles. The van der Waals surface area contributed by atoms with Gasteiger partial charge in [-0.1, -0.05) is 55.7 Å². The second-order valence-electron chi connectivity index (χ2n) is 13.8. The summed E-state index contributed by atoms with van der Waals surface area (Å²) in [7, 11) is 0. The van der Waals surface area contributed by atoms with E-state index in [2.05, 4.69) is 43.2 Å². The van der Waals surface area contributed by atoms with Gasteiger partial charge in [0.25, 0.3) is 0 Å². The van der Waals surface area contributed by atoms with E-state index in [9.17, 15) is 19.2 Å². The lowest BCUT2D eigenvalue weighted by atomic mass is 10.0. The number of nitrogens with zero attached hydrogens (tertiary/aromatic N) is 5. The first-order valence-electron chi connectivity index (χ1n) is 20.0. The molecule has 1 aliphatic heterocycles. The van der Waals surface area contributed by atoms with Gasteiger partial charge in [0.15, 0.2) is 5.82 Å². The molecule has 308 valence electrons. The number of allylic oxidation sites excluding steroid dienone is 2. The normalized spacial score (nSPS) is 18.6. The van der Waals surface area contributed by atoms with Gasteiger partial charge in [0, 0.05) is 49.7 Å². The number of aryl methyl sites for hydroxylation is 1. The molecule has 0 bridgehead atoms. The molecule has 2 unspecified atom stereocenters. The molecule has 2 N–H and O–H groups in total. The highest BCUT2D eigenvalue weighted by molar-refractivity contribution is 8.01. The number of amides is 4. The van der Waals surface area contributed by atoms with Gasteiger partial charge in [-0.3, -0.25) is 24.1 Å². The predicted octanol–water partition coefficient (Wildman–Crippen LogP) is 4.13. The Hall–Kier alpha value is -3.83. The van der Waals surface area contributed by atoms with Crippen molar-refractivity contribution in [3.05, 3.63) is 47.8 Å². The summed E-state index contributed by atoms with van der Waals surface area (Å²) in [6.07, 6.45) is 15.5. The van der Waals surface area contributed by atoms with Gasteiger partial charge in [-0.15, -0.1) is 32.2 Å². The molecule has 0 spiro atoms. The van der Waals surface area contributed by atoms with Crippen LogP contribution in [0.1, 0.15) is 88.4 Å². The van der Waals surface area contributed by atoms with Crippen LogP contribution in [0.2, 0.25) is 0 Å². The minimum absolute atomic E-state index is 0.0771. The van der Waals surface area contributed by atoms with E-state index in [-0.39, 0.29) is 54.7 Å². The van der Waals surface area contributed by atoms with Crippen LogP contribution in [0.15, 0.2) is 36.4 Å². The highest BCUT2D eigenvalue weighted by Gasteiger charge is 2.40. The molecule has 56 heavy (non-hydrogen) atoms. The first-order chi connectivity index (χ1) is 27.4. The number of aromatic nitrogens is 4. The number of carbonyl (C=O) groups is 4. The fourth-order valence-electron chi connectivity index (χ4n) is 6.14. The molecule has 4 rings (SSSR count). The molecule has 2 aliphatic rings. The molecule has 0 radical (unpaired) electrons. The van der Waals surface area contributed by atoms with Crippen LogP contribution in [0.4, 0.5) is 0 Å². The van der Waals surface area contributed by atoms with Crippen LogP contribution in [-0.4, -0.2) is 125 Å². The Kier molecular flexibility index (Phi) is 21.6. The first-order valence-corrected chi connectivity index (χ1v) is 21.0. The van der Waals surface area contributed by atoms with Gasteiger partial charge >= 0.3 is 0 Å². The Balaban J connectivity index is 0.912. The third kappa shape index (κ3) is 18.0. The molecule has 16 heteroatoms. The quantitative estimate of drug-likeness (QED) is 0.0931. The molecule has 15 nitrogen and oxygen atoms in total. The van der Waals surface area contributed by atoms with Crippen molar-refractivity contribution in [2.45, 2.75) is 101 Å². The van der Waals surface area contributed by atoms with Gasteiger partial charge in [-0.2, -0.15) is 0 Å². The number of hydrogen-bond acceptors (Lipinski definition) is 13. The van der Waals surface area contributed by atoms with Gasteiger partial charge in [0.05, 0.1) is 58.1 Å². The van der Waals surface area contributed by atoms with Crippen molar-refractivity contribution < 1.29 is 38.1 Å². The second kappa shape index (κ2) is 26.9. The zero-order valence-electron chi connectivity index (χ0n) is 32.8. The van der Waals surface area contributed by atoms with E-state index in [4.69, 9.17) is 18.9 Å². The number of nitrogens with one attached hydrogen (secondary N) is 2. The molecule has 1 saturated heterocycles.